The Kier molecular flexibility index (Phi) is 28.5. The minimum atomic E-state index is -1.09. The van der Waals surface area contributed by atoms with Gasteiger partial charge in [0.25, 0.3) is 11.8 Å². The molecule has 0 bridgehead atoms. The quantitative estimate of drug-likeness (QED) is 0.0181. The normalized spacial score (nSPS) is 16.2. The number of carbonyl (C=O) groups is 9. The second kappa shape index (κ2) is 33.5. The van der Waals surface area contributed by atoms with Crippen molar-refractivity contribution in [1.82, 2.24) is 41.4 Å². The van der Waals surface area contributed by atoms with Gasteiger partial charge >= 0.3 is 11.9 Å². The molecule has 7 amide bonds. The number of phenolic OH excluding ortho intramolecular Hbond substituents is 1. The van der Waals surface area contributed by atoms with E-state index in [-0.39, 0.29) is 109 Å². The standard InChI is InChI=1S/C55H84BrN9O12S/c1-11-34(6)49(63-52(73)42-16-12-13-25-64(42)9)54(74)65(10)43(33(4)5)30-45(77-36(8)66)53-62-41(31-78-53)51(72)60-38(26-35(7)55(75)76)27-37-19-20-44(67)40(28-37)61-47(69)18-15-22-57-48(70)29-39(56)50(71)59-23-14-17-46(68)58-24-21-32(2)3/h19-20,28-29,31-35,38,42-43,45,49,67H,11-18,21-27,30H2,1-10H3,(H,57,70)(H,58,68)(H,59,71)(H,60,72)(H,61,69)(H,63,73)(H,75,76)/b39-29-/t34-,35?,38+,42+,43?,45+,49-/m0/s1. The van der Waals surface area contributed by atoms with Crippen LogP contribution in [0.25, 0.3) is 0 Å². The van der Waals surface area contributed by atoms with Gasteiger partial charge in [0.15, 0.2) is 6.10 Å². The van der Waals surface area contributed by atoms with E-state index in [2.05, 4.69) is 66.7 Å². The Bertz CT molecular complexity index is 2400. The smallest absolute Gasteiger partial charge is 0.306 e. The van der Waals surface area contributed by atoms with Gasteiger partial charge < -0.3 is 51.8 Å². The van der Waals surface area contributed by atoms with E-state index >= 15 is 0 Å². The van der Waals surface area contributed by atoms with Gasteiger partial charge in [0, 0.05) is 76.4 Å². The first-order valence-electron chi connectivity index (χ1n) is 27.1. The Hall–Kier alpha value is -5.94. The molecule has 2 heterocycles. The zero-order chi connectivity index (χ0) is 58.2. The minimum absolute atomic E-state index is 0.00358. The van der Waals surface area contributed by atoms with E-state index in [1.165, 1.54) is 31.4 Å². The number of carboxylic acids is 1. The fourth-order valence-electron chi connectivity index (χ4n) is 8.86. The molecule has 2 unspecified atom stereocenters. The number of piperidine rings is 1. The lowest BCUT2D eigenvalue weighted by atomic mass is 9.92. The summed E-state index contributed by atoms with van der Waals surface area (Å²) in [5.74, 6) is -5.39. The first kappa shape index (κ1) is 66.3. The zero-order valence-electron chi connectivity index (χ0n) is 47.0. The lowest BCUT2D eigenvalue weighted by molar-refractivity contribution is -0.149. The Labute approximate surface area is 471 Å². The van der Waals surface area contributed by atoms with Gasteiger partial charge in [-0.3, -0.25) is 48.1 Å². The maximum absolute atomic E-state index is 14.3. The number of nitrogens with one attached hydrogen (secondary N) is 6. The van der Waals surface area contributed by atoms with Crippen molar-refractivity contribution in [3.05, 3.63) is 50.4 Å². The number of phenols is 1. The van der Waals surface area contributed by atoms with Crippen LogP contribution >= 0.6 is 27.3 Å². The predicted octanol–water partition coefficient (Wildman–Crippen LogP) is 5.97. The Morgan fingerprint density at radius 2 is 1.60 bits per heavy atom. The van der Waals surface area contributed by atoms with Crippen LogP contribution in [0.15, 0.2) is 34.1 Å². The van der Waals surface area contributed by atoms with Gasteiger partial charge in [0.05, 0.1) is 22.1 Å². The fourth-order valence-corrected chi connectivity index (χ4v) is 10.0. The molecule has 7 atom stereocenters. The highest BCUT2D eigenvalue weighted by molar-refractivity contribution is 9.12. The maximum atomic E-state index is 14.3. The van der Waals surface area contributed by atoms with Crippen LogP contribution in [-0.2, 0) is 49.5 Å². The number of hydrogen-bond donors (Lipinski definition) is 8. The molecule has 8 N–H and O–H groups in total. The number of thiazole rings is 1. The first-order chi connectivity index (χ1) is 36.8. The van der Waals surface area contributed by atoms with Crippen molar-refractivity contribution in [3.8, 4) is 5.75 Å². The van der Waals surface area contributed by atoms with Gasteiger partial charge in [-0.1, -0.05) is 67.4 Å². The largest absolute Gasteiger partial charge is 0.506 e. The van der Waals surface area contributed by atoms with Crippen LogP contribution in [0, 0.1) is 23.7 Å². The predicted molar refractivity (Wildman–Crippen MR) is 301 cm³/mol. The van der Waals surface area contributed by atoms with Crippen molar-refractivity contribution in [1.29, 1.82) is 0 Å². The van der Waals surface area contributed by atoms with Crippen LogP contribution < -0.4 is 31.9 Å². The van der Waals surface area contributed by atoms with Crippen molar-refractivity contribution in [3.63, 3.8) is 0 Å². The van der Waals surface area contributed by atoms with E-state index in [1.54, 1.807) is 18.0 Å². The number of aromatic hydroxyl groups is 1. The molecule has 2 aromatic rings. The van der Waals surface area contributed by atoms with E-state index in [9.17, 15) is 53.4 Å². The van der Waals surface area contributed by atoms with Crippen molar-refractivity contribution < 1.29 is 58.1 Å². The summed E-state index contributed by atoms with van der Waals surface area (Å²) in [5, 5.41) is 39.0. The van der Waals surface area contributed by atoms with E-state index < -0.39 is 65.7 Å². The highest BCUT2D eigenvalue weighted by atomic mass is 79.9. The summed E-state index contributed by atoms with van der Waals surface area (Å²) in [7, 11) is 3.59. The Balaban J connectivity index is 1.65. The minimum Gasteiger partial charge on any atom is -0.506 e. The number of ether oxygens (including phenoxy) is 1. The topological polar surface area (TPSA) is 295 Å². The van der Waals surface area contributed by atoms with E-state index in [4.69, 9.17) is 4.74 Å². The molecule has 1 saturated heterocycles. The molecule has 0 saturated carbocycles. The molecule has 0 aliphatic carbocycles. The third kappa shape index (κ3) is 22.8. The molecule has 1 aliphatic rings. The van der Waals surface area contributed by atoms with Gasteiger partial charge in [0.1, 0.15) is 22.5 Å². The second-order valence-corrected chi connectivity index (χ2v) is 22.8. The number of benzene rings is 1. The van der Waals surface area contributed by atoms with Crippen LogP contribution in [-0.4, -0.2) is 143 Å². The van der Waals surface area contributed by atoms with Crippen LogP contribution in [0.3, 0.4) is 0 Å². The molecule has 1 aromatic carbocycles. The molecule has 78 heavy (non-hydrogen) atoms. The molecule has 1 aliphatic heterocycles. The van der Waals surface area contributed by atoms with E-state index in [0.717, 1.165) is 43.2 Å². The van der Waals surface area contributed by atoms with Crippen LogP contribution in [0.4, 0.5) is 5.69 Å². The summed E-state index contributed by atoms with van der Waals surface area (Å²) >= 11 is 4.19. The van der Waals surface area contributed by atoms with Gasteiger partial charge in [-0.15, -0.1) is 11.3 Å². The molecular weight excluding hydrogens is 1090 g/mol. The highest BCUT2D eigenvalue weighted by Crippen LogP contribution is 2.32. The molecule has 0 spiro atoms. The average Bonchev–Trinajstić information content (AvgIpc) is 3.88. The molecular formula is C55H84BrN9O12S. The monoisotopic (exact) mass is 1170 g/mol. The summed E-state index contributed by atoms with van der Waals surface area (Å²) in [6.07, 6.45) is 5.35. The fraction of sp³-hybridized carbons (Fsp3) is 0.636. The summed E-state index contributed by atoms with van der Waals surface area (Å²) in [4.78, 5) is 124. The molecule has 434 valence electrons. The summed E-state index contributed by atoms with van der Waals surface area (Å²) in [6, 6.07) is 2.09. The molecule has 1 aromatic heterocycles. The number of halogens is 1. The van der Waals surface area contributed by atoms with Gasteiger partial charge in [0.2, 0.25) is 29.5 Å². The number of likely N-dealkylation sites (N-methyl/N-ethyl adjacent to an activating group) is 2. The van der Waals surface area contributed by atoms with Gasteiger partial charge in [-0.05, 0) is 110 Å². The van der Waals surface area contributed by atoms with Gasteiger partial charge in [-0.2, -0.15) is 0 Å². The van der Waals surface area contributed by atoms with E-state index in [0.29, 0.717) is 42.3 Å². The van der Waals surface area contributed by atoms with Gasteiger partial charge in [-0.25, -0.2) is 4.98 Å². The van der Waals surface area contributed by atoms with Crippen LogP contribution in [0.1, 0.15) is 153 Å². The van der Waals surface area contributed by atoms with Crippen LogP contribution in [0.2, 0.25) is 0 Å². The Morgan fingerprint density at radius 3 is 2.23 bits per heavy atom. The average molecular weight is 1180 g/mol. The Morgan fingerprint density at radius 1 is 0.923 bits per heavy atom. The summed E-state index contributed by atoms with van der Waals surface area (Å²) in [5.41, 5.74) is 0.609. The molecule has 23 heteroatoms. The van der Waals surface area contributed by atoms with Crippen molar-refractivity contribution in [2.75, 3.05) is 45.6 Å². The zero-order valence-corrected chi connectivity index (χ0v) is 49.4. The van der Waals surface area contributed by atoms with E-state index in [1.807, 2.05) is 39.6 Å². The number of carbonyl (C=O) groups excluding carboxylic acids is 8. The van der Waals surface area contributed by atoms with Crippen molar-refractivity contribution in [2.45, 2.75) is 163 Å². The lowest BCUT2D eigenvalue weighted by Crippen LogP contribution is -2.58. The lowest BCUT2D eigenvalue weighted by Gasteiger charge is -2.38. The van der Waals surface area contributed by atoms with Crippen LogP contribution in [0.5, 0.6) is 5.75 Å². The summed E-state index contributed by atoms with van der Waals surface area (Å²) in [6.45, 7) is 16.4. The number of likely N-dealkylation sites (tertiary alicyclic amines) is 1. The third-order valence-corrected chi connectivity index (χ3v) is 15.3. The maximum Gasteiger partial charge on any atom is 0.306 e. The number of carboxylic acid groups (broad SMARTS) is 1. The van der Waals surface area contributed by atoms with Crippen molar-refractivity contribution >= 4 is 86.2 Å². The number of esters is 1. The molecule has 3 rings (SSSR count). The molecule has 0 radical (unpaired) electrons. The molecule has 1 fully saturated rings. The number of hydrogen-bond acceptors (Lipinski definition) is 14. The summed E-state index contributed by atoms with van der Waals surface area (Å²) < 4.78 is 5.79. The number of anilines is 1. The number of aromatic nitrogens is 1. The number of nitrogens with zero attached hydrogens (tertiary/aromatic N) is 3. The highest BCUT2D eigenvalue weighted by Gasteiger charge is 2.37. The first-order valence-corrected chi connectivity index (χ1v) is 28.7. The third-order valence-electron chi connectivity index (χ3n) is 13.7. The number of rotatable bonds is 32. The second-order valence-electron chi connectivity index (χ2n) is 21.1. The number of aliphatic carboxylic acids is 1. The number of amides is 7. The SMILES string of the molecule is CC[C@H](C)[C@H](NC(=O)[C@H]1CCCCN1C)C(=O)N(C)C(C[C@@H](OC(C)=O)c1nc(C(=O)N[C@@H](Cc2ccc(O)c(NC(=O)CCCNC(=O)/C=C(\Br)C(=O)NCCCC(=O)NCCC(C)C)c2)CC(C)C(=O)O)cs1)C(C)C. The van der Waals surface area contributed by atoms with Crippen molar-refractivity contribution in [2.24, 2.45) is 23.7 Å². The molecule has 21 nitrogen and oxygen atoms in total.